The van der Waals surface area contributed by atoms with Gasteiger partial charge in [0.25, 0.3) is 0 Å². The number of rotatable bonds is 4. The zero-order valence-corrected chi connectivity index (χ0v) is 11.3. The van der Waals surface area contributed by atoms with Gasteiger partial charge in [0, 0.05) is 28.2 Å². The molecule has 1 aromatic heterocycles. The van der Waals surface area contributed by atoms with Gasteiger partial charge in [-0.1, -0.05) is 17.7 Å². The van der Waals surface area contributed by atoms with Crippen molar-refractivity contribution in [1.82, 2.24) is 4.57 Å². The van der Waals surface area contributed by atoms with E-state index in [1.54, 1.807) is 0 Å². The number of halogens is 1. The van der Waals surface area contributed by atoms with E-state index in [2.05, 4.69) is 23.6 Å². The fraction of sp³-hybridized carbons (Fsp3) is 0.429. The van der Waals surface area contributed by atoms with Gasteiger partial charge in [-0.05, 0) is 39.0 Å². The standard InChI is InChI=1S/C14H18ClNO/c1-4-16-11(9-17-10(2)3)8-12-13(15)6-5-7-14(12)16/h5-8,10H,4,9H2,1-3H3. The van der Waals surface area contributed by atoms with Gasteiger partial charge in [0.05, 0.1) is 12.7 Å². The molecule has 0 saturated heterocycles. The molecule has 0 saturated carbocycles. The molecule has 1 aromatic carbocycles. The Labute approximate surface area is 107 Å². The minimum atomic E-state index is 0.244. The molecular weight excluding hydrogens is 234 g/mol. The summed E-state index contributed by atoms with van der Waals surface area (Å²) >= 11 is 6.21. The van der Waals surface area contributed by atoms with Crippen LogP contribution in [0.4, 0.5) is 0 Å². The first kappa shape index (κ1) is 12.5. The second-order valence-corrected chi connectivity index (χ2v) is 4.82. The SMILES string of the molecule is CCn1c(COC(C)C)cc2c(Cl)cccc21. The van der Waals surface area contributed by atoms with Gasteiger partial charge in [0.1, 0.15) is 0 Å². The topological polar surface area (TPSA) is 14.2 Å². The molecule has 0 amide bonds. The summed E-state index contributed by atoms with van der Waals surface area (Å²) in [5, 5.41) is 1.92. The lowest BCUT2D eigenvalue weighted by molar-refractivity contribution is 0.0620. The number of ether oxygens (including phenoxy) is 1. The lowest BCUT2D eigenvalue weighted by Crippen LogP contribution is -2.07. The number of benzene rings is 1. The van der Waals surface area contributed by atoms with E-state index >= 15 is 0 Å². The molecule has 0 fully saturated rings. The van der Waals surface area contributed by atoms with Crippen LogP contribution in [0.3, 0.4) is 0 Å². The Morgan fingerprint density at radius 2 is 2.12 bits per heavy atom. The molecule has 0 spiro atoms. The van der Waals surface area contributed by atoms with Crippen LogP contribution in [-0.4, -0.2) is 10.7 Å². The maximum Gasteiger partial charge on any atom is 0.0871 e. The summed E-state index contributed by atoms with van der Waals surface area (Å²) in [6, 6.07) is 8.15. The lowest BCUT2D eigenvalue weighted by Gasteiger charge is -2.10. The molecule has 92 valence electrons. The highest BCUT2D eigenvalue weighted by atomic mass is 35.5. The van der Waals surface area contributed by atoms with Gasteiger partial charge < -0.3 is 9.30 Å². The highest BCUT2D eigenvalue weighted by Gasteiger charge is 2.10. The van der Waals surface area contributed by atoms with Crippen LogP contribution in [0.1, 0.15) is 26.5 Å². The van der Waals surface area contributed by atoms with E-state index in [9.17, 15) is 0 Å². The molecule has 0 bridgehead atoms. The minimum absolute atomic E-state index is 0.244. The smallest absolute Gasteiger partial charge is 0.0871 e. The Morgan fingerprint density at radius 1 is 1.35 bits per heavy atom. The van der Waals surface area contributed by atoms with E-state index < -0.39 is 0 Å². The maximum absolute atomic E-state index is 6.21. The van der Waals surface area contributed by atoms with Crippen molar-refractivity contribution in [2.75, 3.05) is 0 Å². The molecule has 1 heterocycles. The third kappa shape index (κ3) is 2.48. The minimum Gasteiger partial charge on any atom is -0.373 e. The number of nitrogens with zero attached hydrogens (tertiary/aromatic N) is 1. The maximum atomic E-state index is 6.21. The zero-order chi connectivity index (χ0) is 12.4. The number of hydrogen-bond donors (Lipinski definition) is 0. The third-order valence-electron chi connectivity index (χ3n) is 2.86. The van der Waals surface area contributed by atoms with E-state index in [4.69, 9.17) is 16.3 Å². The molecule has 3 heteroatoms. The van der Waals surface area contributed by atoms with Crippen LogP contribution in [0, 0.1) is 0 Å². The van der Waals surface area contributed by atoms with Crippen molar-refractivity contribution in [2.24, 2.45) is 0 Å². The quantitative estimate of drug-likeness (QED) is 0.793. The monoisotopic (exact) mass is 251 g/mol. The molecule has 0 N–H and O–H groups in total. The van der Waals surface area contributed by atoms with Gasteiger partial charge >= 0.3 is 0 Å². The van der Waals surface area contributed by atoms with Gasteiger partial charge in [-0.2, -0.15) is 0 Å². The van der Waals surface area contributed by atoms with E-state index in [1.165, 1.54) is 11.2 Å². The van der Waals surface area contributed by atoms with Crippen LogP contribution in [-0.2, 0) is 17.9 Å². The predicted molar refractivity (Wildman–Crippen MR) is 72.5 cm³/mol. The van der Waals surface area contributed by atoms with Crippen molar-refractivity contribution in [3.63, 3.8) is 0 Å². The number of aromatic nitrogens is 1. The summed E-state index contributed by atoms with van der Waals surface area (Å²) in [7, 11) is 0. The summed E-state index contributed by atoms with van der Waals surface area (Å²) in [6.45, 7) is 7.80. The Balaban J connectivity index is 2.44. The first-order chi connectivity index (χ1) is 8.13. The zero-order valence-electron chi connectivity index (χ0n) is 10.5. The van der Waals surface area contributed by atoms with Crippen molar-refractivity contribution in [2.45, 2.75) is 40.0 Å². The van der Waals surface area contributed by atoms with Crippen molar-refractivity contribution in [3.05, 3.63) is 35.0 Å². The van der Waals surface area contributed by atoms with E-state index in [0.717, 1.165) is 17.0 Å². The summed E-state index contributed by atoms with van der Waals surface area (Å²) in [5.41, 5.74) is 2.37. The van der Waals surface area contributed by atoms with Crippen LogP contribution >= 0.6 is 11.6 Å². The Hall–Kier alpha value is -0.990. The normalized spacial score (nSPS) is 11.6. The molecule has 0 aliphatic heterocycles. The number of fused-ring (bicyclic) bond motifs is 1. The van der Waals surface area contributed by atoms with Gasteiger partial charge in [-0.3, -0.25) is 0 Å². The first-order valence-corrected chi connectivity index (χ1v) is 6.39. The van der Waals surface area contributed by atoms with Gasteiger partial charge in [-0.15, -0.1) is 0 Å². The molecule has 2 rings (SSSR count). The van der Waals surface area contributed by atoms with Gasteiger partial charge in [0.15, 0.2) is 0 Å². The predicted octanol–water partition coefficient (Wildman–Crippen LogP) is 4.24. The fourth-order valence-electron chi connectivity index (χ4n) is 2.05. The average molecular weight is 252 g/mol. The molecule has 17 heavy (non-hydrogen) atoms. The molecule has 0 atom stereocenters. The third-order valence-corrected chi connectivity index (χ3v) is 3.19. The van der Waals surface area contributed by atoms with Crippen LogP contribution in [0.25, 0.3) is 10.9 Å². The Kier molecular flexibility index (Phi) is 3.75. The molecule has 2 nitrogen and oxygen atoms in total. The van der Waals surface area contributed by atoms with Crippen LogP contribution < -0.4 is 0 Å². The van der Waals surface area contributed by atoms with Gasteiger partial charge in [-0.25, -0.2) is 0 Å². The molecular formula is C14H18ClNO. The van der Waals surface area contributed by atoms with Crippen molar-refractivity contribution in [3.8, 4) is 0 Å². The van der Waals surface area contributed by atoms with Crippen molar-refractivity contribution < 1.29 is 4.74 Å². The second kappa shape index (κ2) is 5.11. The van der Waals surface area contributed by atoms with E-state index in [0.29, 0.717) is 6.61 Å². The largest absolute Gasteiger partial charge is 0.373 e. The summed E-state index contributed by atoms with van der Waals surface area (Å²) < 4.78 is 7.93. The average Bonchev–Trinajstić information content (AvgIpc) is 2.65. The van der Waals surface area contributed by atoms with Crippen molar-refractivity contribution >= 4 is 22.5 Å². The Morgan fingerprint density at radius 3 is 2.76 bits per heavy atom. The first-order valence-electron chi connectivity index (χ1n) is 6.01. The molecule has 0 aliphatic carbocycles. The molecule has 2 aromatic rings. The number of aryl methyl sites for hydroxylation is 1. The van der Waals surface area contributed by atoms with E-state index in [1.807, 2.05) is 26.0 Å². The summed E-state index contributed by atoms with van der Waals surface area (Å²) in [6.07, 6.45) is 0.244. The van der Waals surface area contributed by atoms with Crippen LogP contribution in [0.2, 0.25) is 5.02 Å². The summed E-state index contributed by atoms with van der Waals surface area (Å²) in [5.74, 6) is 0. The van der Waals surface area contributed by atoms with Crippen LogP contribution in [0.15, 0.2) is 24.3 Å². The van der Waals surface area contributed by atoms with Crippen LogP contribution in [0.5, 0.6) is 0 Å². The molecule has 0 unspecified atom stereocenters. The fourth-order valence-corrected chi connectivity index (χ4v) is 2.27. The second-order valence-electron chi connectivity index (χ2n) is 4.41. The summed E-state index contributed by atoms with van der Waals surface area (Å²) in [4.78, 5) is 0. The van der Waals surface area contributed by atoms with E-state index in [-0.39, 0.29) is 6.10 Å². The van der Waals surface area contributed by atoms with Gasteiger partial charge in [0.2, 0.25) is 0 Å². The Bertz CT molecular complexity index is 516. The molecule has 0 aliphatic rings. The number of hydrogen-bond acceptors (Lipinski definition) is 1. The highest BCUT2D eigenvalue weighted by molar-refractivity contribution is 6.35. The highest BCUT2D eigenvalue weighted by Crippen LogP contribution is 2.27. The lowest BCUT2D eigenvalue weighted by atomic mass is 10.2. The van der Waals surface area contributed by atoms with Crippen molar-refractivity contribution in [1.29, 1.82) is 0 Å². The molecule has 0 radical (unpaired) electrons.